The Hall–Kier alpha value is -3.07. The predicted octanol–water partition coefficient (Wildman–Crippen LogP) is 3.33. The van der Waals surface area contributed by atoms with Crippen LogP contribution in [0.25, 0.3) is 0 Å². The molecule has 2 aromatic rings. The number of Topliss-reactive ketones (excluding diaryl/α,β-unsaturated/α-hetero) is 1. The Morgan fingerprint density at radius 2 is 1.86 bits per heavy atom. The summed E-state index contributed by atoms with van der Waals surface area (Å²) in [5.74, 6) is 0.146. The minimum absolute atomic E-state index is 0.0601. The summed E-state index contributed by atoms with van der Waals surface area (Å²) >= 11 is 3.30. The molecule has 0 radical (unpaired) electrons. The van der Waals surface area contributed by atoms with E-state index in [-0.39, 0.29) is 25.4 Å². The average molecular weight is 464 g/mol. The molecule has 1 heterocycles. The zero-order valence-electron chi connectivity index (χ0n) is 15.5. The number of fused-ring (bicyclic) bond motifs is 1. The number of rotatable bonds is 8. The molecule has 152 valence electrons. The molecule has 0 unspecified atom stereocenters. The van der Waals surface area contributed by atoms with E-state index in [9.17, 15) is 14.4 Å². The fourth-order valence-corrected chi connectivity index (χ4v) is 3.00. The molecule has 0 fully saturated rings. The second-order valence-electron chi connectivity index (χ2n) is 6.04. The second kappa shape index (κ2) is 9.42. The molecule has 0 spiro atoms. The number of carbonyl (C=O) groups is 3. The van der Waals surface area contributed by atoms with Gasteiger partial charge in [-0.15, -0.1) is 0 Å². The molecule has 1 N–H and O–H groups in total. The van der Waals surface area contributed by atoms with E-state index in [2.05, 4.69) is 21.2 Å². The zero-order chi connectivity index (χ0) is 20.8. The molecule has 0 aromatic heterocycles. The van der Waals surface area contributed by atoms with Gasteiger partial charge in [0.1, 0.15) is 5.75 Å². The highest BCUT2D eigenvalue weighted by Crippen LogP contribution is 2.34. The summed E-state index contributed by atoms with van der Waals surface area (Å²) in [5.41, 5.74) is 0.863. The molecule has 1 amide bonds. The molecular formula is C20H18BrNO7. The number of amides is 1. The number of hydrogen-bond acceptors (Lipinski definition) is 7. The van der Waals surface area contributed by atoms with Gasteiger partial charge in [-0.2, -0.15) is 0 Å². The van der Waals surface area contributed by atoms with Crippen LogP contribution in [0.15, 0.2) is 40.9 Å². The van der Waals surface area contributed by atoms with Crippen molar-refractivity contribution in [1.82, 2.24) is 0 Å². The first kappa shape index (κ1) is 20.7. The van der Waals surface area contributed by atoms with Crippen LogP contribution in [0.3, 0.4) is 0 Å². The van der Waals surface area contributed by atoms with E-state index >= 15 is 0 Å². The number of halogens is 1. The highest BCUT2D eigenvalue weighted by molar-refractivity contribution is 9.10. The lowest BCUT2D eigenvalue weighted by atomic mass is 10.1. The second-order valence-corrected chi connectivity index (χ2v) is 6.96. The standard InChI is InChI=1S/C20H18BrNO7/c1-26-16-5-2-12(21)8-14(16)15(23)4-7-20(25)27-10-19(24)22-13-3-6-17-18(9-13)29-11-28-17/h2-3,5-6,8-9H,4,7,10-11H2,1H3,(H,22,24). The molecule has 0 saturated heterocycles. The average Bonchev–Trinajstić information content (AvgIpc) is 3.18. The number of benzene rings is 2. The summed E-state index contributed by atoms with van der Waals surface area (Å²) in [4.78, 5) is 36.2. The Morgan fingerprint density at radius 3 is 2.66 bits per heavy atom. The van der Waals surface area contributed by atoms with Gasteiger partial charge in [0.15, 0.2) is 23.9 Å². The zero-order valence-corrected chi connectivity index (χ0v) is 17.1. The first-order valence-electron chi connectivity index (χ1n) is 8.68. The predicted molar refractivity (Wildman–Crippen MR) is 106 cm³/mol. The van der Waals surface area contributed by atoms with E-state index in [0.717, 1.165) is 4.47 Å². The first-order chi connectivity index (χ1) is 14.0. The minimum atomic E-state index is -0.645. The Balaban J connectivity index is 1.44. The van der Waals surface area contributed by atoms with Crippen LogP contribution in [0.1, 0.15) is 23.2 Å². The Morgan fingerprint density at radius 1 is 1.07 bits per heavy atom. The van der Waals surface area contributed by atoms with Gasteiger partial charge in [0.25, 0.3) is 5.91 Å². The number of hydrogen-bond donors (Lipinski definition) is 1. The first-order valence-corrected chi connectivity index (χ1v) is 9.47. The van der Waals surface area contributed by atoms with Crippen LogP contribution in [-0.2, 0) is 14.3 Å². The number of methoxy groups -OCH3 is 1. The summed E-state index contributed by atoms with van der Waals surface area (Å²) in [6, 6.07) is 9.99. The van der Waals surface area contributed by atoms with E-state index < -0.39 is 18.5 Å². The molecule has 9 heteroatoms. The van der Waals surface area contributed by atoms with Gasteiger partial charge in [0, 0.05) is 22.6 Å². The van der Waals surface area contributed by atoms with Crippen molar-refractivity contribution >= 4 is 39.3 Å². The lowest BCUT2D eigenvalue weighted by Crippen LogP contribution is -2.21. The van der Waals surface area contributed by atoms with E-state index in [4.69, 9.17) is 18.9 Å². The van der Waals surface area contributed by atoms with E-state index in [0.29, 0.717) is 28.5 Å². The summed E-state index contributed by atoms with van der Waals surface area (Å²) in [6.07, 6.45) is -0.207. The Kier molecular flexibility index (Phi) is 6.71. The summed E-state index contributed by atoms with van der Waals surface area (Å²) < 4.78 is 21.3. The molecule has 0 atom stereocenters. The van der Waals surface area contributed by atoms with Gasteiger partial charge < -0.3 is 24.3 Å². The van der Waals surface area contributed by atoms with Crippen LogP contribution in [0.5, 0.6) is 17.2 Å². The molecule has 3 rings (SSSR count). The highest BCUT2D eigenvalue weighted by Gasteiger charge is 2.17. The molecular weight excluding hydrogens is 446 g/mol. The fraction of sp³-hybridized carbons (Fsp3) is 0.250. The molecule has 0 saturated carbocycles. The van der Waals surface area contributed by atoms with Gasteiger partial charge in [-0.3, -0.25) is 14.4 Å². The van der Waals surface area contributed by atoms with Crippen molar-refractivity contribution in [2.24, 2.45) is 0 Å². The highest BCUT2D eigenvalue weighted by atomic mass is 79.9. The Bertz CT molecular complexity index is 944. The number of carbonyl (C=O) groups excluding carboxylic acids is 3. The van der Waals surface area contributed by atoms with Crippen LogP contribution in [0.4, 0.5) is 5.69 Å². The van der Waals surface area contributed by atoms with Crippen LogP contribution < -0.4 is 19.5 Å². The Labute approximate surface area is 175 Å². The number of nitrogens with one attached hydrogen (secondary N) is 1. The van der Waals surface area contributed by atoms with Crippen LogP contribution in [0, 0.1) is 0 Å². The fourth-order valence-electron chi connectivity index (χ4n) is 2.64. The lowest BCUT2D eigenvalue weighted by Gasteiger charge is -2.09. The van der Waals surface area contributed by atoms with Crippen molar-refractivity contribution in [3.63, 3.8) is 0 Å². The van der Waals surface area contributed by atoms with Gasteiger partial charge >= 0.3 is 5.97 Å². The third-order valence-electron chi connectivity index (χ3n) is 4.04. The van der Waals surface area contributed by atoms with Crippen molar-refractivity contribution in [2.75, 3.05) is 25.8 Å². The van der Waals surface area contributed by atoms with Gasteiger partial charge in [0.2, 0.25) is 6.79 Å². The maximum absolute atomic E-state index is 12.3. The van der Waals surface area contributed by atoms with E-state index in [1.54, 1.807) is 36.4 Å². The molecule has 1 aliphatic rings. The van der Waals surface area contributed by atoms with Crippen molar-refractivity contribution in [2.45, 2.75) is 12.8 Å². The normalized spacial score (nSPS) is 11.7. The topological polar surface area (TPSA) is 100 Å². The summed E-state index contributed by atoms with van der Waals surface area (Å²) in [5, 5.41) is 2.60. The number of anilines is 1. The SMILES string of the molecule is COc1ccc(Br)cc1C(=O)CCC(=O)OCC(=O)Nc1ccc2c(c1)OCO2. The quantitative estimate of drug-likeness (QED) is 0.473. The minimum Gasteiger partial charge on any atom is -0.496 e. The third kappa shape index (κ3) is 5.47. The maximum atomic E-state index is 12.3. The largest absolute Gasteiger partial charge is 0.496 e. The van der Waals surface area contributed by atoms with Gasteiger partial charge in [-0.05, 0) is 30.3 Å². The molecule has 8 nitrogen and oxygen atoms in total. The monoisotopic (exact) mass is 463 g/mol. The van der Waals surface area contributed by atoms with E-state index in [1.165, 1.54) is 7.11 Å². The lowest BCUT2D eigenvalue weighted by molar-refractivity contribution is -0.147. The molecule has 0 aliphatic carbocycles. The molecule has 1 aliphatic heterocycles. The molecule has 29 heavy (non-hydrogen) atoms. The van der Waals surface area contributed by atoms with Gasteiger partial charge in [-0.25, -0.2) is 0 Å². The van der Waals surface area contributed by atoms with Gasteiger partial charge in [-0.1, -0.05) is 15.9 Å². The number of ketones is 1. The van der Waals surface area contributed by atoms with Crippen LogP contribution in [0.2, 0.25) is 0 Å². The summed E-state index contributed by atoms with van der Waals surface area (Å²) in [7, 11) is 1.47. The third-order valence-corrected chi connectivity index (χ3v) is 4.53. The van der Waals surface area contributed by atoms with Crippen LogP contribution >= 0.6 is 15.9 Å². The van der Waals surface area contributed by atoms with Gasteiger partial charge in [0.05, 0.1) is 19.1 Å². The number of ether oxygens (including phenoxy) is 4. The maximum Gasteiger partial charge on any atom is 0.306 e. The van der Waals surface area contributed by atoms with Crippen molar-refractivity contribution in [3.8, 4) is 17.2 Å². The molecule has 2 aromatic carbocycles. The van der Waals surface area contributed by atoms with Crippen LogP contribution in [-0.4, -0.2) is 38.2 Å². The van der Waals surface area contributed by atoms with Crippen molar-refractivity contribution in [3.05, 3.63) is 46.4 Å². The van der Waals surface area contributed by atoms with Crippen molar-refractivity contribution in [1.29, 1.82) is 0 Å². The smallest absolute Gasteiger partial charge is 0.306 e. The van der Waals surface area contributed by atoms with Crippen molar-refractivity contribution < 1.29 is 33.3 Å². The summed E-state index contributed by atoms with van der Waals surface area (Å²) in [6.45, 7) is -0.323. The number of esters is 1. The molecule has 0 bridgehead atoms. The van der Waals surface area contributed by atoms with E-state index in [1.807, 2.05) is 0 Å².